The molecular weight excluding hydrogens is 411 g/mol. The molecule has 0 aliphatic heterocycles. The molecule has 0 unspecified atom stereocenters. The Bertz CT molecular complexity index is 530. The summed E-state index contributed by atoms with van der Waals surface area (Å²) in [5.41, 5.74) is 0.717. The van der Waals surface area contributed by atoms with Crippen molar-refractivity contribution in [2.45, 2.75) is 39.2 Å². The molecule has 0 saturated heterocycles. The third-order valence-corrected chi connectivity index (χ3v) is 3.88. The molecule has 6 heteroatoms. The smallest absolute Gasteiger partial charge is 0.338 e. The van der Waals surface area contributed by atoms with Crippen molar-refractivity contribution in [3.63, 3.8) is 0 Å². The molecule has 128 valence electrons. The van der Waals surface area contributed by atoms with Crippen LogP contribution in [0.5, 0.6) is 0 Å². The molecule has 0 aromatic heterocycles. The van der Waals surface area contributed by atoms with E-state index in [1.165, 1.54) is 6.07 Å². The molecule has 0 spiro atoms. The Labute approximate surface area is 150 Å². The van der Waals surface area contributed by atoms with Crippen LogP contribution in [0.3, 0.4) is 0 Å². The van der Waals surface area contributed by atoms with E-state index < -0.39 is 11.9 Å². The van der Waals surface area contributed by atoms with Gasteiger partial charge in [-0.2, -0.15) is 0 Å². The Morgan fingerprint density at radius 3 is 2.17 bits per heavy atom. The van der Waals surface area contributed by atoms with Crippen LogP contribution in [0, 0.1) is 3.57 Å². The van der Waals surface area contributed by atoms with Gasteiger partial charge in [0.1, 0.15) is 0 Å². The number of methoxy groups -OCH3 is 1. The van der Waals surface area contributed by atoms with Crippen LogP contribution in [-0.4, -0.2) is 38.4 Å². The molecule has 0 radical (unpaired) electrons. The van der Waals surface area contributed by atoms with Gasteiger partial charge in [-0.15, -0.1) is 0 Å². The number of carbonyl (C=O) groups excluding carboxylic acids is 2. The highest BCUT2D eigenvalue weighted by atomic mass is 127. The average molecular weight is 434 g/mol. The summed E-state index contributed by atoms with van der Waals surface area (Å²) in [6.45, 7) is 4.59. The molecule has 1 rings (SSSR count). The fourth-order valence-corrected chi connectivity index (χ4v) is 2.41. The number of hydrogen-bond donors (Lipinski definition) is 0. The van der Waals surface area contributed by atoms with E-state index in [0.29, 0.717) is 24.2 Å². The Balaban J connectivity index is 2.68. The molecule has 0 aliphatic carbocycles. The third kappa shape index (κ3) is 7.30. The number of carbonyl (C=O) groups is 2. The van der Waals surface area contributed by atoms with Crippen molar-refractivity contribution < 1.29 is 23.8 Å². The monoisotopic (exact) mass is 434 g/mol. The first kappa shape index (κ1) is 19.9. The van der Waals surface area contributed by atoms with Gasteiger partial charge in [-0.05, 0) is 54.1 Å². The molecule has 0 heterocycles. The average Bonchev–Trinajstić information content (AvgIpc) is 2.54. The highest BCUT2D eigenvalue weighted by molar-refractivity contribution is 14.1. The first-order valence-electron chi connectivity index (χ1n) is 7.65. The van der Waals surface area contributed by atoms with Crippen LogP contribution in [0.4, 0.5) is 0 Å². The number of esters is 2. The predicted molar refractivity (Wildman–Crippen MR) is 95.7 cm³/mol. The molecule has 0 saturated carbocycles. The molecule has 5 nitrogen and oxygen atoms in total. The number of benzene rings is 1. The lowest BCUT2D eigenvalue weighted by molar-refractivity contribution is 0.0391. The van der Waals surface area contributed by atoms with E-state index >= 15 is 0 Å². The van der Waals surface area contributed by atoms with Crippen molar-refractivity contribution in [3.05, 3.63) is 32.9 Å². The van der Waals surface area contributed by atoms with Crippen molar-refractivity contribution in [3.8, 4) is 0 Å². The molecule has 1 aromatic rings. The van der Waals surface area contributed by atoms with Crippen LogP contribution < -0.4 is 0 Å². The van der Waals surface area contributed by atoms with Gasteiger partial charge < -0.3 is 14.2 Å². The highest BCUT2D eigenvalue weighted by Gasteiger charge is 2.15. The maximum atomic E-state index is 12.1. The summed E-state index contributed by atoms with van der Waals surface area (Å²) in [6.07, 6.45) is 2.43. The van der Waals surface area contributed by atoms with Gasteiger partial charge in [0.15, 0.2) is 0 Å². The molecule has 0 bridgehead atoms. The second-order valence-corrected chi connectivity index (χ2v) is 6.43. The van der Waals surface area contributed by atoms with E-state index in [4.69, 9.17) is 14.2 Å². The summed E-state index contributed by atoms with van der Waals surface area (Å²) in [7, 11) is 1.61. The quantitative estimate of drug-likeness (QED) is 0.336. The normalized spacial score (nSPS) is 11.8. The van der Waals surface area contributed by atoms with Crippen LogP contribution in [0.25, 0.3) is 0 Å². The fourth-order valence-electron chi connectivity index (χ4n) is 1.74. The van der Waals surface area contributed by atoms with Gasteiger partial charge in [0.05, 0.1) is 30.4 Å². The van der Waals surface area contributed by atoms with E-state index in [1.807, 2.05) is 13.8 Å². The number of halogens is 1. The van der Waals surface area contributed by atoms with E-state index in [2.05, 4.69) is 22.6 Å². The van der Waals surface area contributed by atoms with Crippen LogP contribution in [-0.2, 0) is 14.2 Å². The van der Waals surface area contributed by atoms with Crippen LogP contribution in [0.2, 0.25) is 0 Å². The molecule has 0 amide bonds. The van der Waals surface area contributed by atoms with Crippen molar-refractivity contribution in [1.82, 2.24) is 0 Å². The second kappa shape index (κ2) is 10.6. The van der Waals surface area contributed by atoms with Gasteiger partial charge >= 0.3 is 11.9 Å². The minimum absolute atomic E-state index is 0.0304. The van der Waals surface area contributed by atoms with Gasteiger partial charge in [-0.1, -0.05) is 13.3 Å². The second-order valence-electron chi connectivity index (χ2n) is 5.19. The summed E-state index contributed by atoms with van der Waals surface area (Å²) in [5.74, 6) is -0.867. The highest BCUT2D eigenvalue weighted by Crippen LogP contribution is 2.15. The molecule has 0 fully saturated rings. The Hall–Kier alpha value is -1.15. The third-order valence-electron chi connectivity index (χ3n) is 3.26. The van der Waals surface area contributed by atoms with E-state index in [9.17, 15) is 9.59 Å². The van der Waals surface area contributed by atoms with Gasteiger partial charge in [-0.25, -0.2) is 9.59 Å². The standard InChI is InChI=1S/C17H23IO5/c1-4-5-7-22-16(19)13-9-14(11-15(18)10-13)17(20)23-8-6-12(2)21-3/h9-12H,4-8H2,1-3H3/t12-/m1/s1. The lowest BCUT2D eigenvalue weighted by Crippen LogP contribution is -2.14. The van der Waals surface area contributed by atoms with Crippen LogP contribution in [0.1, 0.15) is 53.8 Å². The van der Waals surface area contributed by atoms with E-state index in [0.717, 1.165) is 16.4 Å². The molecule has 0 aliphatic rings. The zero-order valence-electron chi connectivity index (χ0n) is 13.8. The zero-order chi connectivity index (χ0) is 17.2. The summed E-state index contributed by atoms with van der Waals surface area (Å²) >= 11 is 2.06. The van der Waals surface area contributed by atoms with Crippen molar-refractivity contribution in [2.24, 2.45) is 0 Å². The molecule has 23 heavy (non-hydrogen) atoms. The van der Waals surface area contributed by atoms with Crippen LogP contribution in [0.15, 0.2) is 18.2 Å². The summed E-state index contributed by atoms with van der Waals surface area (Å²) in [4.78, 5) is 24.1. The molecule has 1 atom stereocenters. The van der Waals surface area contributed by atoms with E-state index in [-0.39, 0.29) is 12.7 Å². The van der Waals surface area contributed by atoms with Gasteiger partial charge in [0.25, 0.3) is 0 Å². The number of hydrogen-bond acceptors (Lipinski definition) is 5. The summed E-state index contributed by atoms with van der Waals surface area (Å²) < 4.78 is 16.3. The number of ether oxygens (including phenoxy) is 3. The van der Waals surface area contributed by atoms with Crippen molar-refractivity contribution >= 4 is 34.5 Å². The number of unbranched alkanes of at least 4 members (excludes halogenated alkanes) is 1. The predicted octanol–water partition coefficient (Wildman–Crippen LogP) is 3.83. The minimum atomic E-state index is -0.450. The lowest BCUT2D eigenvalue weighted by Gasteiger charge is -2.10. The van der Waals surface area contributed by atoms with Gasteiger partial charge in [0, 0.05) is 17.1 Å². The maximum absolute atomic E-state index is 12.1. The Morgan fingerprint density at radius 2 is 1.65 bits per heavy atom. The fraction of sp³-hybridized carbons (Fsp3) is 0.529. The number of rotatable bonds is 9. The Morgan fingerprint density at radius 1 is 1.09 bits per heavy atom. The van der Waals surface area contributed by atoms with Gasteiger partial charge in [-0.3, -0.25) is 0 Å². The van der Waals surface area contributed by atoms with Crippen LogP contribution >= 0.6 is 22.6 Å². The maximum Gasteiger partial charge on any atom is 0.338 e. The van der Waals surface area contributed by atoms with Crippen molar-refractivity contribution in [1.29, 1.82) is 0 Å². The topological polar surface area (TPSA) is 61.8 Å². The van der Waals surface area contributed by atoms with Crippen molar-refractivity contribution in [2.75, 3.05) is 20.3 Å². The first-order chi connectivity index (χ1) is 11.0. The largest absolute Gasteiger partial charge is 0.462 e. The molecule has 0 N–H and O–H groups in total. The van der Waals surface area contributed by atoms with Gasteiger partial charge in [0.2, 0.25) is 0 Å². The summed E-state index contributed by atoms with van der Waals surface area (Å²) in [6, 6.07) is 4.89. The zero-order valence-corrected chi connectivity index (χ0v) is 15.9. The SMILES string of the molecule is CCCCOC(=O)c1cc(I)cc(C(=O)OCC[C@@H](C)OC)c1. The summed E-state index contributed by atoms with van der Waals surface area (Å²) in [5, 5.41) is 0. The van der Waals surface area contributed by atoms with E-state index in [1.54, 1.807) is 19.2 Å². The minimum Gasteiger partial charge on any atom is -0.462 e. The lowest BCUT2D eigenvalue weighted by atomic mass is 10.1. The first-order valence-corrected chi connectivity index (χ1v) is 8.73. The molecule has 1 aromatic carbocycles. The Kier molecular flexibility index (Phi) is 9.16. The molecular formula is C17H23IO5.